The molecule has 4 rings (SSSR count). The maximum absolute atomic E-state index is 12.8. The van der Waals surface area contributed by atoms with Gasteiger partial charge in [0.1, 0.15) is 0 Å². The van der Waals surface area contributed by atoms with Crippen molar-refractivity contribution in [1.29, 1.82) is 0 Å². The third-order valence-electron chi connectivity index (χ3n) is 5.84. The van der Waals surface area contributed by atoms with Gasteiger partial charge < -0.3 is 19.3 Å². The van der Waals surface area contributed by atoms with Gasteiger partial charge in [0, 0.05) is 44.5 Å². The Balaban J connectivity index is 1.33. The molecular formula is C23H28N4O4. The molecule has 2 amide bonds. The lowest BCUT2D eigenvalue weighted by Gasteiger charge is -2.33. The van der Waals surface area contributed by atoms with E-state index in [-0.39, 0.29) is 11.8 Å². The Bertz CT molecular complexity index is 966. The van der Waals surface area contributed by atoms with E-state index in [0.29, 0.717) is 43.4 Å². The van der Waals surface area contributed by atoms with Crippen molar-refractivity contribution in [2.45, 2.75) is 25.8 Å². The summed E-state index contributed by atoms with van der Waals surface area (Å²) in [4.78, 5) is 29.0. The molecule has 1 fully saturated rings. The van der Waals surface area contributed by atoms with E-state index in [1.54, 1.807) is 42.2 Å². The van der Waals surface area contributed by atoms with Crippen LogP contribution in [0.1, 0.15) is 34.6 Å². The van der Waals surface area contributed by atoms with E-state index in [4.69, 9.17) is 9.47 Å². The number of piperazine rings is 1. The number of carbonyl (C=O) groups excluding carboxylic acids is 2. The highest BCUT2D eigenvalue weighted by molar-refractivity contribution is 5.94. The Labute approximate surface area is 182 Å². The molecule has 8 nitrogen and oxygen atoms in total. The lowest BCUT2D eigenvalue weighted by Crippen LogP contribution is -2.50. The van der Waals surface area contributed by atoms with Gasteiger partial charge in [0.2, 0.25) is 5.91 Å². The number of aryl methyl sites for hydroxylation is 2. The molecule has 0 saturated carbocycles. The minimum absolute atomic E-state index is 0.0464. The third kappa shape index (κ3) is 4.57. The lowest BCUT2D eigenvalue weighted by molar-refractivity contribution is -0.127. The van der Waals surface area contributed by atoms with E-state index in [0.717, 1.165) is 37.1 Å². The third-order valence-corrected chi connectivity index (χ3v) is 5.84. The van der Waals surface area contributed by atoms with Crippen LogP contribution in [-0.4, -0.2) is 71.8 Å². The van der Waals surface area contributed by atoms with Crippen molar-refractivity contribution < 1.29 is 19.1 Å². The van der Waals surface area contributed by atoms with Crippen LogP contribution in [-0.2, 0) is 17.8 Å². The molecule has 164 valence electrons. The first-order chi connectivity index (χ1) is 15.1. The highest BCUT2D eigenvalue weighted by Crippen LogP contribution is 2.28. The number of hydrogen-bond donors (Lipinski definition) is 0. The number of amides is 2. The number of methoxy groups -OCH3 is 2. The Hall–Kier alpha value is -3.29. The fourth-order valence-electron chi connectivity index (χ4n) is 4.04. The van der Waals surface area contributed by atoms with Crippen LogP contribution in [0.4, 0.5) is 0 Å². The van der Waals surface area contributed by atoms with Gasteiger partial charge >= 0.3 is 0 Å². The second kappa shape index (κ2) is 9.24. The number of benzene rings is 1. The zero-order chi connectivity index (χ0) is 21.8. The normalized spacial score (nSPS) is 16.3. The van der Waals surface area contributed by atoms with Crippen molar-refractivity contribution in [1.82, 2.24) is 19.6 Å². The first-order valence-corrected chi connectivity index (χ1v) is 10.6. The van der Waals surface area contributed by atoms with Gasteiger partial charge in [-0.3, -0.25) is 14.3 Å². The number of nitrogens with zero attached hydrogens (tertiary/aromatic N) is 4. The summed E-state index contributed by atoms with van der Waals surface area (Å²) in [5.74, 6) is 1.14. The molecular weight excluding hydrogens is 396 g/mol. The number of aromatic nitrogens is 2. The number of hydrogen-bond acceptors (Lipinski definition) is 5. The van der Waals surface area contributed by atoms with Crippen LogP contribution < -0.4 is 9.47 Å². The number of carbonyl (C=O) groups is 2. The molecule has 31 heavy (non-hydrogen) atoms. The van der Waals surface area contributed by atoms with Crippen molar-refractivity contribution in [3.8, 4) is 11.5 Å². The summed E-state index contributed by atoms with van der Waals surface area (Å²) < 4.78 is 12.5. The summed E-state index contributed by atoms with van der Waals surface area (Å²) in [5.41, 5.74) is 2.51. The second-order valence-corrected chi connectivity index (χ2v) is 7.77. The van der Waals surface area contributed by atoms with Crippen molar-refractivity contribution >= 4 is 17.9 Å². The van der Waals surface area contributed by atoms with Crippen molar-refractivity contribution in [3.05, 3.63) is 47.3 Å². The highest BCUT2D eigenvalue weighted by atomic mass is 16.5. The standard InChI is InChI=1S/C23H28N4O4/c1-30-20-8-6-17(15-21(20)31-2)7-9-22(28)25-11-13-26(14-12-25)23(29)19-16-18-5-3-4-10-27(18)24-19/h6-9,15-16H,3-5,10-14H2,1-2H3. The van der Waals surface area contributed by atoms with Gasteiger partial charge in [0.05, 0.1) is 14.2 Å². The molecule has 0 bridgehead atoms. The van der Waals surface area contributed by atoms with E-state index < -0.39 is 0 Å². The number of rotatable bonds is 5. The van der Waals surface area contributed by atoms with E-state index in [9.17, 15) is 9.59 Å². The monoisotopic (exact) mass is 424 g/mol. The molecule has 2 aromatic rings. The zero-order valence-electron chi connectivity index (χ0n) is 18.0. The molecule has 3 heterocycles. The highest BCUT2D eigenvalue weighted by Gasteiger charge is 2.26. The summed E-state index contributed by atoms with van der Waals surface area (Å²) in [6, 6.07) is 7.42. The average molecular weight is 425 g/mol. The van der Waals surface area contributed by atoms with Gasteiger partial charge in [-0.15, -0.1) is 0 Å². The Kier molecular flexibility index (Phi) is 6.25. The summed E-state index contributed by atoms with van der Waals surface area (Å²) in [7, 11) is 3.17. The molecule has 0 aliphatic carbocycles. The molecule has 0 spiro atoms. The van der Waals surface area contributed by atoms with Crippen LogP contribution in [0.2, 0.25) is 0 Å². The van der Waals surface area contributed by atoms with Gasteiger partial charge in [-0.25, -0.2) is 0 Å². The molecule has 1 saturated heterocycles. The quantitative estimate of drug-likeness (QED) is 0.688. The van der Waals surface area contributed by atoms with E-state index >= 15 is 0 Å². The van der Waals surface area contributed by atoms with Gasteiger partial charge in [-0.2, -0.15) is 5.10 Å². The average Bonchev–Trinajstić information content (AvgIpc) is 3.26. The number of ether oxygens (including phenoxy) is 2. The Morgan fingerprint density at radius 3 is 2.39 bits per heavy atom. The van der Waals surface area contributed by atoms with Crippen molar-refractivity contribution in [2.75, 3.05) is 40.4 Å². The molecule has 0 radical (unpaired) electrons. The molecule has 1 aromatic heterocycles. The van der Waals surface area contributed by atoms with Gasteiger partial charge in [0.25, 0.3) is 5.91 Å². The van der Waals surface area contributed by atoms with Crippen LogP contribution in [0.5, 0.6) is 11.5 Å². The minimum atomic E-state index is -0.0701. The maximum atomic E-state index is 12.8. The van der Waals surface area contributed by atoms with Gasteiger partial charge in [-0.05, 0) is 49.1 Å². The molecule has 2 aliphatic heterocycles. The summed E-state index contributed by atoms with van der Waals surface area (Å²) in [5, 5.41) is 4.48. The zero-order valence-corrected chi connectivity index (χ0v) is 18.0. The van der Waals surface area contributed by atoms with Crippen molar-refractivity contribution in [2.24, 2.45) is 0 Å². The summed E-state index contributed by atoms with van der Waals surface area (Å²) >= 11 is 0. The second-order valence-electron chi connectivity index (χ2n) is 7.77. The SMILES string of the molecule is COc1ccc(C=CC(=O)N2CCN(C(=O)c3cc4n(n3)CCCC4)CC2)cc1OC. The smallest absolute Gasteiger partial charge is 0.274 e. The fourth-order valence-corrected chi connectivity index (χ4v) is 4.04. The Morgan fingerprint density at radius 1 is 0.935 bits per heavy atom. The summed E-state index contributed by atoms with van der Waals surface area (Å²) in [6.07, 6.45) is 6.56. The molecule has 8 heteroatoms. The number of fused-ring (bicyclic) bond motifs is 1. The summed E-state index contributed by atoms with van der Waals surface area (Å²) in [6.45, 7) is 2.92. The van der Waals surface area contributed by atoms with Crippen molar-refractivity contribution in [3.63, 3.8) is 0 Å². The van der Waals surface area contributed by atoms with E-state index in [1.807, 2.05) is 22.9 Å². The van der Waals surface area contributed by atoms with E-state index in [1.165, 1.54) is 0 Å². The van der Waals surface area contributed by atoms with Crippen LogP contribution in [0.3, 0.4) is 0 Å². The fraction of sp³-hybridized carbons (Fsp3) is 0.435. The topological polar surface area (TPSA) is 76.9 Å². The van der Waals surface area contributed by atoms with Crippen LogP contribution in [0, 0.1) is 0 Å². The largest absolute Gasteiger partial charge is 0.493 e. The van der Waals surface area contributed by atoms with E-state index in [2.05, 4.69) is 5.10 Å². The predicted molar refractivity (Wildman–Crippen MR) is 116 cm³/mol. The van der Waals surface area contributed by atoms with Crippen LogP contribution in [0.25, 0.3) is 6.08 Å². The maximum Gasteiger partial charge on any atom is 0.274 e. The molecule has 0 unspecified atom stereocenters. The molecule has 2 aliphatic rings. The van der Waals surface area contributed by atoms with Gasteiger partial charge in [0.15, 0.2) is 17.2 Å². The lowest BCUT2D eigenvalue weighted by atomic mass is 10.1. The molecule has 0 N–H and O–H groups in total. The van der Waals surface area contributed by atoms with Gasteiger partial charge in [-0.1, -0.05) is 6.07 Å². The first kappa shape index (κ1) is 21.0. The minimum Gasteiger partial charge on any atom is -0.493 e. The Morgan fingerprint density at radius 2 is 1.68 bits per heavy atom. The van der Waals surface area contributed by atoms with Crippen LogP contribution >= 0.6 is 0 Å². The first-order valence-electron chi connectivity index (χ1n) is 10.6. The molecule has 1 aromatic carbocycles. The predicted octanol–water partition coefficient (Wildman–Crippen LogP) is 2.23. The molecule has 0 atom stereocenters. The van der Waals surface area contributed by atoms with Crippen LogP contribution in [0.15, 0.2) is 30.3 Å².